The monoisotopic (exact) mass is 422 g/mol. The van der Waals surface area contributed by atoms with Crippen molar-refractivity contribution in [2.24, 2.45) is 5.41 Å². The summed E-state index contributed by atoms with van der Waals surface area (Å²) in [6.07, 6.45) is 1.42. The number of amides is 2. The minimum absolute atomic E-state index is 0.0352. The number of aliphatic carboxylic acids is 1. The predicted molar refractivity (Wildman–Crippen MR) is 115 cm³/mol. The van der Waals surface area contributed by atoms with E-state index in [0.717, 1.165) is 28.7 Å². The molecule has 0 radical (unpaired) electrons. The fraction of sp³-hybridized carbons (Fsp3) is 0.375. The molecule has 0 heterocycles. The van der Waals surface area contributed by atoms with Gasteiger partial charge >= 0.3 is 12.1 Å². The van der Waals surface area contributed by atoms with Crippen molar-refractivity contribution in [3.63, 3.8) is 0 Å². The van der Waals surface area contributed by atoms with Crippen molar-refractivity contribution < 1.29 is 24.2 Å². The molecule has 4 rings (SSSR count). The molecular weight excluding hydrogens is 396 g/mol. The second-order valence-corrected chi connectivity index (χ2v) is 8.41. The lowest BCUT2D eigenvalue weighted by atomic mass is 9.83. The average Bonchev–Trinajstić information content (AvgIpc) is 3.29. The van der Waals surface area contributed by atoms with E-state index in [-0.39, 0.29) is 18.4 Å². The van der Waals surface area contributed by atoms with E-state index >= 15 is 0 Å². The largest absolute Gasteiger partial charge is 0.480 e. The van der Waals surface area contributed by atoms with Gasteiger partial charge in [0.2, 0.25) is 5.91 Å². The van der Waals surface area contributed by atoms with Crippen LogP contribution < -0.4 is 10.6 Å². The van der Waals surface area contributed by atoms with Gasteiger partial charge < -0.3 is 20.5 Å². The molecule has 0 bridgehead atoms. The summed E-state index contributed by atoms with van der Waals surface area (Å²) in [4.78, 5) is 35.9. The summed E-state index contributed by atoms with van der Waals surface area (Å²) < 4.78 is 5.60. The standard InChI is InChI=1S/C24H26N2O5/c1-24(22(29)25-13-21(27)28)12-6-11-20(24)26-23(30)31-14-19-17-9-4-2-7-15(17)16-8-3-5-10-18(16)19/h2-5,7-10,19-20H,6,11-14H2,1H3,(H,25,29)(H,26,30)(H,27,28). The van der Waals surface area contributed by atoms with Crippen LogP contribution in [0, 0.1) is 5.41 Å². The van der Waals surface area contributed by atoms with Gasteiger partial charge in [-0.25, -0.2) is 4.79 Å². The highest BCUT2D eigenvalue weighted by molar-refractivity contribution is 5.87. The van der Waals surface area contributed by atoms with Gasteiger partial charge in [-0.3, -0.25) is 9.59 Å². The molecule has 0 spiro atoms. The summed E-state index contributed by atoms with van der Waals surface area (Å²) >= 11 is 0. The molecule has 0 aliphatic heterocycles. The first-order valence-electron chi connectivity index (χ1n) is 10.5. The smallest absolute Gasteiger partial charge is 0.407 e. The number of nitrogens with one attached hydrogen (secondary N) is 2. The molecule has 3 N–H and O–H groups in total. The SMILES string of the molecule is CC1(C(=O)NCC(=O)O)CCCC1NC(=O)OCC1c2ccccc2-c2ccccc21. The Kier molecular flexibility index (Phi) is 5.67. The highest BCUT2D eigenvalue weighted by Gasteiger charge is 2.46. The van der Waals surface area contributed by atoms with E-state index in [1.165, 1.54) is 0 Å². The molecule has 0 aromatic heterocycles. The van der Waals surface area contributed by atoms with Gasteiger partial charge in [0.25, 0.3) is 0 Å². The van der Waals surface area contributed by atoms with Gasteiger partial charge in [0, 0.05) is 12.0 Å². The minimum atomic E-state index is -1.10. The Hall–Kier alpha value is -3.35. The van der Waals surface area contributed by atoms with Crippen LogP contribution in [0.2, 0.25) is 0 Å². The first kappa shape index (κ1) is 20.9. The molecule has 162 valence electrons. The maximum atomic E-state index is 12.6. The lowest BCUT2D eigenvalue weighted by molar-refractivity contribution is -0.140. The van der Waals surface area contributed by atoms with E-state index in [2.05, 4.69) is 34.9 Å². The van der Waals surface area contributed by atoms with Crippen LogP contribution in [0.25, 0.3) is 11.1 Å². The topological polar surface area (TPSA) is 105 Å². The van der Waals surface area contributed by atoms with Crippen LogP contribution in [0.5, 0.6) is 0 Å². The number of benzene rings is 2. The van der Waals surface area contributed by atoms with Crippen molar-refractivity contribution in [2.45, 2.75) is 38.1 Å². The molecule has 1 saturated carbocycles. The van der Waals surface area contributed by atoms with E-state index < -0.39 is 30.1 Å². The minimum Gasteiger partial charge on any atom is -0.480 e. The third-order valence-electron chi connectivity index (χ3n) is 6.51. The summed E-state index contributed by atoms with van der Waals surface area (Å²) in [5.41, 5.74) is 3.72. The van der Waals surface area contributed by atoms with Gasteiger partial charge in [-0.2, -0.15) is 0 Å². The Labute approximate surface area is 180 Å². The average molecular weight is 422 g/mol. The van der Waals surface area contributed by atoms with Crippen LogP contribution in [-0.2, 0) is 14.3 Å². The zero-order valence-electron chi connectivity index (χ0n) is 17.4. The summed E-state index contributed by atoms with van der Waals surface area (Å²) in [6, 6.07) is 15.8. The Morgan fingerprint density at radius 1 is 1.06 bits per heavy atom. The van der Waals surface area contributed by atoms with Crippen molar-refractivity contribution >= 4 is 18.0 Å². The molecule has 2 atom stereocenters. The maximum Gasteiger partial charge on any atom is 0.407 e. The second-order valence-electron chi connectivity index (χ2n) is 8.41. The number of carbonyl (C=O) groups excluding carboxylic acids is 2. The number of carboxylic acid groups (broad SMARTS) is 1. The zero-order chi connectivity index (χ0) is 22.0. The van der Waals surface area contributed by atoms with Gasteiger partial charge in [-0.05, 0) is 42.0 Å². The summed E-state index contributed by atoms with van der Waals surface area (Å²) in [6.45, 7) is 1.52. The van der Waals surface area contributed by atoms with Gasteiger partial charge in [-0.15, -0.1) is 0 Å². The molecule has 0 saturated heterocycles. The van der Waals surface area contributed by atoms with Crippen LogP contribution in [0.4, 0.5) is 4.79 Å². The molecule has 2 aliphatic carbocycles. The molecule has 31 heavy (non-hydrogen) atoms. The Bertz CT molecular complexity index is 975. The van der Waals surface area contributed by atoms with Crippen molar-refractivity contribution in [3.05, 3.63) is 59.7 Å². The predicted octanol–water partition coefficient (Wildman–Crippen LogP) is 3.28. The van der Waals surface area contributed by atoms with Crippen molar-refractivity contribution in [1.82, 2.24) is 10.6 Å². The summed E-state index contributed by atoms with van der Waals surface area (Å²) in [5.74, 6) is -1.50. The van der Waals surface area contributed by atoms with Crippen molar-refractivity contribution in [3.8, 4) is 11.1 Å². The van der Waals surface area contributed by atoms with Crippen LogP contribution >= 0.6 is 0 Å². The van der Waals surface area contributed by atoms with E-state index in [1.807, 2.05) is 24.3 Å². The Balaban J connectivity index is 1.41. The molecule has 2 unspecified atom stereocenters. The molecule has 1 fully saturated rings. The fourth-order valence-electron chi connectivity index (χ4n) is 4.81. The van der Waals surface area contributed by atoms with E-state index in [0.29, 0.717) is 12.8 Å². The molecule has 2 aromatic rings. The Morgan fingerprint density at radius 3 is 2.29 bits per heavy atom. The highest BCUT2D eigenvalue weighted by Crippen LogP contribution is 2.44. The molecule has 7 heteroatoms. The number of carbonyl (C=O) groups is 3. The summed E-state index contributed by atoms with van der Waals surface area (Å²) in [5, 5.41) is 14.1. The number of alkyl carbamates (subject to hydrolysis) is 1. The lowest BCUT2D eigenvalue weighted by Gasteiger charge is -2.30. The van der Waals surface area contributed by atoms with Crippen LogP contribution in [0.3, 0.4) is 0 Å². The zero-order valence-corrected chi connectivity index (χ0v) is 17.4. The normalized spacial score (nSPS) is 21.8. The highest BCUT2D eigenvalue weighted by atomic mass is 16.5. The number of hydrogen-bond donors (Lipinski definition) is 3. The third-order valence-corrected chi connectivity index (χ3v) is 6.51. The molecular formula is C24H26N2O5. The molecule has 2 aliphatic rings. The first-order chi connectivity index (χ1) is 14.9. The van der Waals surface area contributed by atoms with Gasteiger partial charge in [-0.1, -0.05) is 55.0 Å². The Morgan fingerprint density at radius 2 is 1.68 bits per heavy atom. The second kappa shape index (κ2) is 8.41. The van der Waals surface area contributed by atoms with Crippen LogP contribution in [0.15, 0.2) is 48.5 Å². The van der Waals surface area contributed by atoms with Gasteiger partial charge in [0.15, 0.2) is 0 Å². The maximum absolute atomic E-state index is 12.6. The van der Waals surface area contributed by atoms with Gasteiger partial charge in [0.05, 0.1) is 5.41 Å². The number of rotatable bonds is 6. The summed E-state index contributed by atoms with van der Waals surface area (Å²) in [7, 11) is 0. The van der Waals surface area contributed by atoms with Gasteiger partial charge in [0.1, 0.15) is 13.2 Å². The number of fused-ring (bicyclic) bond motifs is 3. The number of ether oxygens (including phenoxy) is 1. The number of carboxylic acids is 1. The van der Waals surface area contributed by atoms with Crippen molar-refractivity contribution in [2.75, 3.05) is 13.2 Å². The lowest BCUT2D eigenvalue weighted by Crippen LogP contribution is -2.52. The molecule has 2 aromatic carbocycles. The molecule has 7 nitrogen and oxygen atoms in total. The van der Waals surface area contributed by atoms with E-state index in [4.69, 9.17) is 9.84 Å². The molecule has 2 amide bonds. The van der Waals surface area contributed by atoms with E-state index in [9.17, 15) is 14.4 Å². The van der Waals surface area contributed by atoms with Crippen molar-refractivity contribution in [1.29, 1.82) is 0 Å². The first-order valence-corrected chi connectivity index (χ1v) is 10.5. The van der Waals surface area contributed by atoms with Crippen LogP contribution in [-0.4, -0.2) is 42.3 Å². The quantitative estimate of drug-likeness (QED) is 0.663. The van der Waals surface area contributed by atoms with E-state index in [1.54, 1.807) is 6.92 Å². The fourth-order valence-corrected chi connectivity index (χ4v) is 4.81. The third kappa shape index (κ3) is 4.00. The van der Waals surface area contributed by atoms with Crippen LogP contribution in [0.1, 0.15) is 43.2 Å². The number of hydrogen-bond acceptors (Lipinski definition) is 4.